The first kappa shape index (κ1) is 16.5. The molecule has 120 valence electrons. The van der Waals surface area contributed by atoms with Crippen LogP contribution in [0.3, 0.4) is 0 Å². The van der Waals surface area contributed by atoms with Gasteiger partial charge in [-0.15, -0.1) is 0 Å². The van der Waals surface area contributed by atoms with E-state index in [1.807, 2.05) is 13.8 Å². The van der Waals surface area contributed by atoms with Gasteiger partial charge in [0.1, 0.15) is 16.4 Å². The van der Waals surface area contributed by atoms with Gasteiger partial charge in [0.05, 0.1) is 12.6 Å². The van der Waals surface area contributed by atoms with Gasteiger partial charge in [-0.05, 0) is 33.2 Å². The summed E-state index contributed by atoms with van der Waals surface area (Å²) >= 11 is 0. The molecule has 6 nitrogen and oxygen atoms in total. The molecule has 1 aromatic rings. The first-order chi connectivity index (χ1) is 9.94. The van der Waals surface area contributed by atoms with Gasteiger partial charge in [0.25, 0.3) is 0 Å². The standard InChI is InChI=1S/C14H24N2O4S/c1-4-15-9-12-8-14(11(3)20-12)21(17,18)16-10(2)13-6-5-7-19-13/h8,10,13,15-16H,4-7,9H2,1-3H3. The second-order valence-electron chi connectivity index (χ2n) is 5.37. The van der Waals surface area contributed by atoms with Gasteiger partial charge >= 0.3 is 0 Å². The zero-order valence-electron chi connectivity index (χ0n) is 12.8. The van der Waals surface area contributed by atoms with E-state index in [1.54, 1.807) is 13.0 Å². The summed E-state index contributed by atoms with van der Waals surface area (Å²) in [6, 6.07) is 1.34. The van der Waals surface area contributed by atoms with Crippen LogP contribution in [0.1, 0.15) is 38.2 Å². The molecular formula is C14H24N2O4S. The van der Waals surface area contributed by atoms with Crippen LogP contribution in [0.2, 0.25) is 0 Å². The molecule has 2 unspecified atom stereocenters. The number of furan rings is 1. The molecule has 21 heavy (non-hydrogen) atoms. The molecule has 0 spiro atoms. The Balaban J connectivity index is 2.09. The molecule has 0 aliphatic carbocycles. The number of nitrogens with one attached hydrogen (secondary N) is 2. The van der Waals surface area contributed by atoms with E-state index in [4.69, 9.17) is 9.15 Å². The Labute approximate surface area is 126 Å². The number of ether oxygens (including phenoxy) is 1. The van der Waals surface area contributed by atoms with E-state index in [0.29, 0.717) is 24.7 Å². The van der Waals surface area contributed by atoms with Crippen LogP contribution in [0.4, 0.5) is 0 Å². The van der Waals surface area contributed by atoms with Crippen molar-refractivity contribution in [3.63, 3.8) is 0 Å². The first-order valence-electron chi connectivity index (χ1n) is 7.38. The molecule has 2 atom stereocenters. The normalized spacial score (nSPS) is 20.8. The Hall–Kier alpha value is -0.890. The number of sulfonamides is 1. The van der Waals surface area contributed by atoms with E-state index in [9.17, 15) is 8.42 Å². The Morgan fingerprint density at radius 2 is 2.24 bits per heavy atom. The van der Waals surface area contributed by atoms with E-state index >= 15 is 0 Å². The van der Waals surface area contributed by atoms with Gasteiger partial charge in [0, 0.05) is 18.7 Å². The van der Waals surface area contributed by atoms with Gasteiger partial charge in [-0.25, -0.2) is 13.1 Å². The second kappa shape index (κ2) is 6.91. The molecule has 2 N–H and O–H groups in total. The van der Waals surface area contributed by atoms with Crippen molar-refractivity contribution >= 4 is 10.0 Å². The Morgan fingerprint density at radius 3 is 2.86 bits per heavy atom. The Kier molecular flexibility index (Phi) is 5.43. The third-order valence-electron chi connectivity index (χ3n) is 3.63. The molecule has 2 rings (SSSR count). The topological polar surface area (TPSA) is 80.6 Å². The van der Waals surface area contributed by atoms with Gasteiger partial charge in [-0.2, -0.15) is 0 Å². The maximum Gasteiger partial charge on any atom is 0.244 e. The lowest BCUT2D eigenvalue weighted by atomic mass is 10.1. The van der Waals surface area contributed by atoms with Crippen molar-refractivity contribution in [2.75, 3.05) is 13.2 Å². The summed E-state index contributed by atoms with van der Waals surface area (Å²) in [7, 11) is -3.58. The molecule has 7 heteroatoms. The molecule has 1 fully saturated rings. The lowest BCUT2D eigenvalue weighted by Crippen LogP contribution is -2.40. The minimum absolute atomic E-state index is 0.0480. The molecule has 1 saturated heterocycles. The smallest absolute Gasteiger partial charge is 0.244 e. The quantitative estimate of drug-likeness (QED) is 0.797. The predicted molar refractivity (Wildman–Crippen MR) is 79.6 cm³/mol. The maximum atomic E-state index is 12.5. The van der Waals surface area contributed by atoms with E-state index in [0.717, 1.165) is 19.4 Å². The maximum absolute atomic E-state index is 12.5. The average molecular weight is 316 g/mol. The van der Waals surface area contributed by atoms with Gasteiger partial charge in [0.15, 0.2) is 0 Å². The Morgan fingerprint density at radius 1 is 1.48 bits per heavy atom. The molecule has 1 aliphatic rings. The highest BCUT2D eigenvalue weighted by Gasteiger charge is 2.29. The van der Waals surface area contributed by atoms with Crippen molar-refractivity contribution in [1.82, 2.24) is 10.0 Å². The van der Waals surface area contributed by atoms with Gasteiger partial charge < -0.3 is 14.5 Å². The van der Waals surface area contributed by atoms with Crippen LogP contribution in [0, 0.1) is 6.92 Å². The van der Waals surface area contributed by atoms with Crippen LogP contribution < -0.4 is 10.0 Å². The largest absolute Gasteiger partial charge is 0.464 e. The van der Waals surface area contributed by atoms with E-state index in [2.05, 4.69) is 10.0 Å². The van der Waals surface area contributed by atoms with Crippen molar-refractivity contribution in [1.29, 1.82) is 0 Å². The fourth-order valence-corrected chi connectivity index (χ4v) is 3.98. The summed E-state index contributed by atoms with van der Waals surface area (Å²) < 4.78 is 38.6. The van der Waals surface area contributed by atoms with E-state index in [-0.39, 0.29) is 17.0 Å². The molecule has 1 aromatic heterocycles. The monoisotopic (exact) mass is 316 g/mol. The van der Waals surface area contributed by atoms with Crippen molar-refractivity contribution in [3.05, 3.63) is 17.6 Å². The van der Waals surface area contributed by atoms with Gasteiger partial charge in [0.2, 0.25) is 10.0 Å². The fourth-order valence-electron chi connectivity index (χ4n) is 2.51. The number of hydrogen-bond donors (Lipinski definition) is 2. The molecule has 1 aliphatic heterocycles. The zero-order valence-corrected chi connectivity index (χ0v) is 13.6. The van der Waals surface area contributed by atoms with Crippen LogP contribution in [-0.2, 0) is 21.3 Å². The van der Waals surface area contributed by atoms with Crippen LogP contribution in [0.5, 0.6) is 0 Å². The van der Waals surface area contributed by atoms with Crippen LogP contribution >= 0.6 is 0 Å². The summed E-state index contributed by atoms with van der Waals surface area (Å²) in [5, 5.41) is 3.11. The Bertz CT molecular complexity index is 562. The fraction of sp³-hybridized carbons (Fsp3) is 0.714. The summed E-state index contributed by atoms with van der Waals surface area (Å²) in [5.41, 5.74) is 0. The average Bonchev–Trinajstić information content (AvgIpc) is 3.05. The van der Waals surface area contributed by atoms with Gasteiger partial charge in [-0.1, -0.05) is 6.92 Å². The molecule has 0 bridgehead atoms. The third kappa shape index (κ3) is 4.06. The highest BCUT2D eigenvalue weighted by Crippen LogP contribution is 2.22. The van der Waals surface area contributed by atoms with Crippen molar-refractivity contribution < 1.29 is 17.6 Å². The molecule has 0 radical (unpaired) electrons. The number of rotatable bonds is 7. The van der Waals surface area contributed by atoms with Crippen LogP contribution in [0.25, 0.3) is 0 Å². The highest BCUT2D eigenvalue weighted by molar-refractivity contribution is 7.89. The third-order valence-corrected chi connectivity index (χ3v) is 5.29. The minimum Gasteiger partial charge on any atom is -0.464 e. The zero-order chi connectivity index (χ0) is 15.5. The number of aryl methyl sites for hydroxylation is 1. The van der Waals surface area contributed by atoms with Crippen LogP contribution in [0.15, 0.2) is 15.4 Å². The summed E-state index contributed by atoms with van der Waals surface area (Å²) in [6.45, 7) is 7.51. The molecule has 0 aromatic carbocycles. The highest BCUT2D eigenvalue weighted by atomic mass is 32.2. The second-order valence-corrected chi connectivity index (χ2v) is 7.06. The SMILES string of the molecule is CCNCc1cc(S(=O)(=O)NC(C)C2CCCO2)c(C)o1. The van der Waals surface area contributed by atoms with E-state index in [1.165, 1.54) is 0 Å². The number of hydrogen-bond acceptors (Lipinski definition) is 5. The van der Waals surface area contributed by atoms with Crippen molar-refractivity contribution in [2.24, 2.45) is 0 Å². The lowest BCUT2D eigenvalue weighted by Gasteiger charge is -2.19. The molecule has 0 amide bonds. The summed E-state index contributed by atoms with van der Waals surface area (Å²) in [6.07, 6.45) is 1.82. The molecular weight excluding hydrogens is 292 g/mol. The summed E-state index contributed by atoms with van der Waals surface area (Å²) in [4.78, 5) is 0.209. The molecule has 2 heterocycles. The minimum atomic E-state index is -3.58. The summed E-state index contributed by atoms with van der Waals surface area (Å²) in [5.74, 6) is 1.04. The van der Waals surface area contributed by atoms with Crippen molar-refractivity contribution in [2.45, 2.75) is 57.2 Å². The van der Waals surface area contributed by atoms with Crippen LogP contribution in [-0.4, -0.2) is 33.7 Å². The molecule has 0 saturated carbocycles. The van der Waals surface area contributed by atoms with E-state index < -0.39 is 10.0 Å². The van der Waals surface area contributed by atoms with Crippen molar-refractivity contribution in [3.8, 4) is 0 Å². The first-order valence-corrected chi connectivity index (χ1v) is 8.86. The predicted octanol–water partition coefficient (Wildman–Crippen LogP) is 1.54. The van der Waals surface area contributed by atoms with Gasteiger partial charge in [-0.3, -0.25) is 0 Å². The lowest BCUT2D eigenvalue weighted by molar-refractivity contribution is 0.0902.